The van der Waals surface area contributed by atoms with Gasteiger partial charge in [0, 0.05) is 57.9 Å². The number of imidazole rings is 1. The van der Waals surface area contributed by atoms with Crippen LogP contribution >= 0.6 is 11.6 Å². The third-order valence-electron chi connectivity index (χ3n) is 6.14. The minimum absolute atomic E-state index is 0.0146. The number of ketones is 1. The molecule has 12 heteroatoms. The fourth-order valence-corrected chi connectivity index (χ4v) is 4.08. The summed E-state index contributed by atoms with van der Waals surface area (Å²) in [5.41, 5.74) is 2.38. The van der Waals surface area contributed by atoms with Gasteiger partial charge in [-0.05, 0) is 37.1 Å². The normalized spacial score (nSPS) is 12.9. The number of hydrogen-bond acceptors (Lipinski definition) is 5. The topological polar surface area (TPSA) is 93.5 Å². The highest BCUT2D eigenvalue weighted by Gasteiger charge is 2.38. The van der Waals surface area contributed by atoms with Crippen LogP contribution in [0.2, 0.25) is 5.02 Å². The van der Waals surface area contributed by atoms with E-state index in [0.717, 1.165) is 18.1 Å². The molecule has 0 unspecified atom stereocenters. The van der Waals surface area contributed by atoms with Crippen molar-refractivity contribution in [3.8, 4) is 17.0 Å². The minimum atomic E-state index is -4.57. The molecule has 0 bridgehead atoms. The molecule has 2 aromatic carbocycles. The second kappa shape index (κ2) is 12.5. The Kier molecular flexibility index (Phi) is 9.62. The first kappa shape index (κ1) is 30.7. The first-order valence-electron chi connectivity index (χ1n) is 12.3. The van der Waals surface area contributed by atoms with Crippen LogP contribution in [0, 0.1) is 0 Å². The third-order valence-corrected chi connectivity index (χ3v) is 6.43. The van der Waals surface area contributed by atoms with Gasteiger partial charge in [0.1, 0.15) is 5.75 Å². The van der Waals surface area contributed by atoms with Crippen LogP contribution in [0.3, 0.4) is 0 Å². The van der Waals surface area contributed by atoms with Gasteiger partial charge in [-0.2, -0.15) is 13.2 Å². The molecule has 8 nitrogen and oxygen atoms in total. The molecule has 2 amide bonds. The predicted octanol–water partition coefficient (Wildman–Crippen LogP) is 5.09. The van der Waals surface area contributed by atoms with Crippen LogP contribution < -0.4 is 10.1 Å². The number of carbonyl (C=O) groups excluding carboxylic acids is 3. The van der Waals surface area contributed by atoms with E-state index in [1.165, 1.54) is 30.0 Å². The molecule has 214 valence electrons. The highest BCUT2D eigenvalue weighted by atomic mass is 35.5. The Balaban J connectivity index is 1.76. The number of halogens is 4. The van der Waals surface area contributed by atoms with Gasteiger partial charge < -0.3 is 19.5 Å². The van der Waals surface area contributed by atoms with Gasteiger partial charge in [0.05, 0.1) is 10.7 Å². The molecule has 0 saturated carbocycles. The van der Waals surface area contributed by atoms with Gasteiger partial charge in [-0.15, -0.1) is 0 Å². The van der Waals surface area contributed by atoms with E-state index >= 15 is 0 Å². The Hall–Kier alpha value is -3.86. The zero-order chi connectivity index (χ0) is 29.8. The van der Waals surface area contributed by atoms with Crippen LogP contribution in [-0.4, -0.2) is 64.5 Å². The quantitative estimate of drug-likeness (QED) is 0.338. The van der Waals surface area contributed by atoms with Gasteiger partial charge >= 0.3 is 6.18 Å². The Morgan fingerprint density at radius 2 is 1.77 bits per heavy atom. The van der Waals surface area contributed by atoms with Crippen molar-refractivity contribution in [3.05, 3.63) is 70.6 Å². The van der Waals surface area contributed by atoms with Gasteiger partial charge in [0.25, 0.3) is 5.91 Å². The van der Waals surface area contributed by atoms with Gasteiger partial charge in [-0.3, -0.25) is 14.4 Å². The third kappa shape index (κ3) is 7.84. The Labute approximate surface area is 235 Å². The number of ether oxygens (including phenoxy) is 1. The Bertz CT molecular complexity index is 1390. The summed E-state index contributed by atoms with van der Waals surface area (Å²) in [5.74, 6) is -0.746. The summed E-state index contributed by atoms with van der Waals surface area (Å²) in [6.45, 7) is 2.30. The molecule has 0 fully saturated rings. The number of nitrogens with one attached hydrogen (secondary N) is 1. The molecule has 1 N–H and O–H groups in total. The van der Waals surface area contributed by atoms with E-state index in [2.05, 4.69) is 10.3 Å². The minimum Gasteiger partial charge on any atom is -0.480 e. The van der Waals surface area contributed by atoms with Crippen LogP contribution in [0.4, 0.5) is 13.2 Å². The molecule has 0 saturated heterocycles. The Morgan fingerprint density at radius 1 is 1.12 bits per heavy atom. The summed E-state index contributed by atoms with van der Waals surface area (Å²) in [6, 6.07) is 10.5. The smallest absolute Gasteiger partial charge is 0.425 e. The number of alkyl halides is 3. The molecule has 3 rings (SSSR count). The van der Waals surface area contributed by atoms with E-state index in [-0.39, 0.29) is 34.4 Å². The van der Waals surface area contributed by atoms with Crippen LogP contribution in [0.15, 0.2) is 48.7 Å². The van der Waals surface area contributed by atoms with E-state index in [1.807, 2.05) is 24.3 Å². The van der Waals surface area contributed by atoms with Crippen LogP contribution in [-0.2, 0) is 18.3 Å². The molecule has 0 aliphatic rings. The van der Waals surface area contributed by atoms with Crippen molar-refractivity contribution in [3.63, 3.8) is 0 Å². The largest absolute Gasteiger partial charge is 0.480 e. The molecule has 0 aliphatic heterocycles. The number of nitrogens with zero attached hydrogens (tertiary/aromatic N) is 3. The molecule has 2 atom stereocenters. The number of amides is 2. The summed E-state index contributed by atoms with van der Waals surface area (Å²) in [7, 11) is 4.96. The van der Waals surface area contributed by atoms with Gasteiger partial charge in [0.15, 0.2) is 17.7 Å². The number of benzene rings is 2. The summed E-state index contributed by atoms with van der Waals surface area (Å²) >= 11 is 6.10. The monoisotopic (exact) mass is 578 g/mol. The Morgan fingerprint density at radius 3 is 2.30 bits per heavy atom. The lowest BCUT2D eigenvalue weighted by molar-refractivity contribution is -0.189. The summed E-state index contributed by atoms with van der Waals surface area (Å²) in [4.78, 5) is 43.0. The molecule has 0 spiro atoms. The van der Waals surface area contributed by atoms with Crippen LogP contribution in [0.1, 0.15) is 46.8 Å². The van der Waals surface area contributed by atoms with Crippen LogP contribution in [0.25, 0.3) is 11.3 Å². The maximum Gasteiger partial charge on any atom is 0.425 e. The first-order chi connectivity index (χ1) is 18.6. The van der Waals surface area contributed by atoms with Crippen molar-refractivity contribution in [2.24, 2.45) is 7.05 Å². The number of hydrogen-bond donors (Lipinski definition) is 1. The van der Waals surface area contributed by atoms with Crippen molar-refractivity contribution < 1.29 is 32.3 Å². The van der Waals surface area contributed by atoms with E-state index < -0.39 is 24.2 Å². The maximum atomic E-state index is 13.0. The van der Waals surface area contributed by atoms with E-state index in [9.17, 15) is 27.6 Å². The van der Waals surface area contributed by atoms with Crippen molar-refractivity contribution in [2.45, 2.75) is 45.0 Å². The van der Waals surface area contributed by atoms with E-state index in [4.69, 9.17) is 16.3 Å². The SMILES string of the molecule is CC(=O)c1nc(-c2ccc(C[C@@H](CC(=O)N(C)C)NC(=O)c3ccc(O[C@H](C)C(F)(F)F)c(Cl)c3)cc2)cn1C. The fraction of sp³-hybridized carbons (Fsp3) is 0.357. The second-order valence-electron chi connectivity index (χ2n) is 9.63. The number of aryl methyl sites for hydroxylation is 1. The lowest BCUT2D eigenvalue weighted by Gasteiger charge is -2.21. The van der Waals surface area contributed by atoms with Crippen molar-refractivity contribution >= 4 is 29.2 Å². The summed E-state index contributed by atoms with van der Waals surface area (Å²) < 4.78 is 45.0. The molecular weight excluding hydrogens is 549 g/mol. The van der Waals surface area contributed by atoms with Crippen molar-refractivity contribution in [1.29, 1.82) is 0 Å². The maximum absolute atomic E-state index is 13.0. The van der Waals surface area contributed by atoms with E-state index in [0.29, 0.717) is 17.9 Å². The summed E-state index contributed by atoms with van der Waals surface area (Å²) in [5, 5.41) is 2.68. The van der Waals surface area contributed by atoms with Gasteiger partial charge in [-0.1, -0.05) is 35.9 Å². The molecule has 1 heterocycles. The second-order valence-corrected chi connectivity index (χ2v) is 10.0. The molecule has 0 radical (unpaired) electrons. The average Bonchev–Trinajstić information content (AvgIpc) is 3.26. The first-order valence-corrected chi connectivity index (χ1v) is 12.7. The average molecular weight is 579 g/mol. The van der Waals surface area contributed by atoms with Crippen molar-refractivity contribution in [1.82, 2.24) is 19.8 Å². The fourth-order valence-electron chi connectivity index (χ4n) is 3.86. The van der Waals surface area contributed by atoms with E-state index in [1.54, 1.807) is 31.9 Å². The van der Waals surface area contributed by atoms with Gasteiger partial charge in [0.2, 0.25) is 5.91 Å². The lowest BCUT2D eigenvalue weighted by Crippen LogP contribution is -2.40. The highest BCUT2D eigenvalue weighted by molar-refractivity contribution is 6.32. The zero-order valence-electron chi connectivity index (χ0n) is 22.7. The molecule has 0 aliphatic carbocycles. The molecular formula is C28H30ClF3N4O4. The number of rotatable bonds is 10. The standard InChI is InChI=1S/C28H30ClF3N4O4/c1-16(37)26-34-23(15-36(26)5)19-8-6-18(7-9-19)12-21(14-25(38)35(3)4)33-27(39)20-10-11-24(22(29)13-20)40-17(2)28(30,31)32/h6-11,13,15,17,21H,12,14H2,1-5H3,(H,33,39)/t17-,21+/m1/s1. The zero-order valence-corrected chi connectivity index (χ0v) is 23.4. The molecule has 40 heavy (non-hydrogen) atoms. The number of carbonyl (C=O) groups is 3. The van der Waals surface area contributed by atoms with Gasteiger partial charge in [-0.25, -0.2) is 4.98 Å². The molecule has 3 aromatic rings. The highest BCUT2D eigenvalue weighted by Crippen LogP contribution is 2.31. The predicted molar refractivity (Wildman–Crippen MR) is 145 cm³/mol. The summed E-state index contributed by atoms with van der Waals surface area (Å²) in [6.07, 6.45) is -4.55. The lowest BCUT2D eigenvalue weighted by atomic mass is 10.00. The van der Waals surface area contributed by atoms with Crippen LogP contribution in [0.5, 0.6) is 5.75 Å². The molecule has 1 aromatic heterocycles. The van der Waals surface area contributed by atoms with Crippen molar-refractivity contribution in [2.75, 3.05) is 14.1 Å². The number of Topliss-reactive ketones (excluding diaryl/α,β-unsaturated/α-hetero) is 1. The number of aromatic nitrogens is 2.